The highest BCUT2D eigenvalue weighted by molar-refractivity contribution is 5.95. The Kier molecular flexibility index (Phi) is 5.51. The molecule has 5 rings (SSSR count). The van der Waals surface area contributed by atoms with E-state index in [0.29, 0.717) is 35.8 Å². The zero-order chi connectivity index (χ0) is 21.9. The largest absolute Gasteiger partial charge is 0.494 e. The molecule has 162 valence electrons. The second kappa shape index (κ2) is 8.76. The number of aromatic nitrogens is 4. The van der Waals surface area contributed by atoms with Gasteiger partial charge in [-0.15, -0.1) is 0 Å². The molecule has 3 aromatic heterocycles. The van der Waals surface area contributed by atoms with Crippen LogP contribution in [0.5, 0.6) is 5.75 Å². The summed E-state index contributed by atoms with van der Waals surface area (Å²) in [4.78, 5) is 20.6. The lowest BCUT2D eigenvalue weighted by Gasteiger charge is -2.31. The van der Waals surface area contributed by atoms with Crippen LogP contribution in [0.3, 0.4) is 0 Å². The molecule has 0 atom stereocenters. The van der Waals surface area contributed by atoms with E-state index in [1.165, 1.54) is 0 Å². The van der Waals surface area contributed by atoms with Crippen molar-refractivity contribution in [2.75, 3.05) is 30.4 Å². The van der Waals surface area contributed by atoms with Crippen LogP contribution in [0.15, 0.2) is 61.1 Å². The van der Waals surface area contributed by atoms with Crippen molar-refractivity contribution in [2.24, 2.45) is 0 Å². The van der Waals surface area contributed by atoms with Gasteiger partial charge in [-0.3, -0.25) is 4.98 Å². The Morgan fingerprint density at radius 1 is 1.06 bits per heavy atom. The van der Waals surface area contributed by atoms with Crippen molar-refractivity contribution < 1.29 is 9.84 Å². The van der Waals surface area contributed by atoms with E-state index in [4.69, 9.17) is 14.7 Å². The summed E-state index contributed by atoms with van der Waals surface area (Å²) < 4.78 is 5.57. The van der Waals surface area contributed by atoms with Crippen LogP contribution in [0, 0.1) is 0 Å². The zero-order valence-corrected chi connectivity index (χ0v) is 17.8. The number of para-hydroxylation sites is 1. The van der Waals surface area contributed by atoms with Gasteiger partial charge in [0.05, 0.1) is 36.5 Å². The van der Waals surface area contributed by atoms with E-state index in [9.17, 15) is 5.11 Å². The monoisotopic (exact) mass is 428 g/mol. The van der Waals surface area contributed by atoms with E-state index in [1.807, 2.05) is 42.5 Å². The third kappa shape index (κ3) is 4.04. The number of benzene rings is 1. The maximum Gasteiger partial charge on any atom is 0.162 e. The average Bonchev–Trinajstić information content (AvgIpc) is 2.84. The number of methoxy groups -OCH3 is 1. The fraction of sp³-hybridized carbons (Fsp3) is 0.250. The van der Waals surface area contributed by atoms with Crippen LogP contribution in [0.1, 0.15) is 12.8 Å². The van der Waals surface area contributed by atoms with Crippen LogP contribution in [0.25, 0.3) is 22.3 Å². The standard InChI is InChI=1S/C24H24N6O2/c1-32-20-15-25-14-19-22(20)24(30-11-8-18(31)9-12-30)29-23(28-19)16-7-10-26-21(13-16)27-17-5-3-2-4-6-17/h2-7,10,13-15,18,31H,8-9,11-12H2,1H3,(H,26,27). The van der Waals surface area contributed by atoms with Crippen LogP contribution < -0.4 is 15.0 Å². The van der Waals surface area contributed by atoms with Gasteiger partial charge >= 0.3 is 0 Å². The maximum atomic E-state index is 9.96. The average molecular weight is 428 g/mol. The molecule has 32 heavy (non-hydrogen) atoms. The van der Waals surface area contributed by atoms with Crippen molar-refractivity contribution >= 4 is 28.2 Å². The summed E-state index contributed by atoms with van der Waals surface area (Å²) in [5.74, 6) is 2.73. The first-order valence-corrected chi connectivity index (χ1v) is 10.6. The lowest BCUT2D eigenvalue weighted by atomic mass is 10.1. The molecule has 0 spiro atoms. The highest BCUT2D eigenvalue weighted by atomic mass is 16.5. The van der Waals surface area contributed by atoms with E-state index in [2.05, 4.69) is 20.2 Å². The van der Waals surface area contributed by atoms with E-state index in [1.54, 1.807) is 25.7 Å². The first-order valence-electron chi connectivity index (χ1n) is 10.6. The first-order chi connectivity index (χ1) is 15.7. The van der Waals surface area contributed by atoms with Crippen molar-refractivity contribution in [3.05, 3.63) is 61.1 Å². The van der Waals surface area contributed by atoms with Gasteiger partial charge in [0.15, 0.2) is 5.82 Å². The Balaban J connectivity index is 1.58. The Labute approximate surface area is 186 Å². The second-order valence-corrected chi connectivity index (χ2v) is 7.75. The number of aliphatic hydroxyl groups is 1. The molecular formula is C24H24N6O2. The Morgan fingerprint density at radius 2 is 1.88 bits per heavy atom. The predicted molar refractivity (Wildman–Crippen MR) is 124 cm³/mol. The summed E-state index contributed by atoms with van der Waals surface area (Å²) in [5, 5.41) is 14.1. The van der Waals surface area contributed by atoms with Crippen LogP contribution >= 0.6 is 0 Å². The quantitative estimate of drug-likeness (QED) is 0.496. The zero-order valence-electron chi connectivity index (χ0n) is 17.8. The van der Waals surface area contributed by atoms with Gasteiger partial charge in [0.2, 0.25) is 0 Å². The van der Waals surface area contributed by atoms with E-state index in [-0.39, 0.29) is 6.10 Å². The summed E-state index contributed by atoms with van der Waals surface area (Å²) in [6.07, 6.45) is 6.30. The van der Waals surface area contributed by atoms with Crippen LogP contribution in [-0.4, -0.2) is 51.3 Å². The molecule has 0 radical (unpaired) electrons. The number of pyridine rings is 2. The molecule has 1 fully saturated rings. The summed E-state index contributed by atoms with van der Waals surface area (Å²) in [6.45, 7) is 1.44. The van der Waals surface area contributed by atoms with Crippen LogP contribution in [-0.2, 0) is 0 Å². The number of hydrogen-bond acceptors (Lipinski definition) is 8. The molecular weight excluding hydrogens is 404 g/mol. The van der Waals surface area contributed by atoms with Crippen molar-refractivity contribution in [3.63, 3.8) is 0 Å². The van der Waals surface area contributed by atoms with Crippen molar-refractivity contribution in [1.82, 2.24) is 19.9 Å². The van der Waals surface area contributed by atoms with E-state index < -0.39 is 0 Å². The minimum absolute atomic E-state index is 0.269. The topological polar surface area (TPSA) is 96.3 Å². The van der Waals surface area contributed by atoms with Crippen LogP contribution in [0.2, 0.25) is 0 Å². The van der Waals surface area contributed by atoms with Gasteiger partial charge in [-0.1, -0.05) is 18.2 Å². The number of piperidine rings is 1. The number of ether oxygens (including phenoxy) is 1. The molecule has 8 heteroatoms. The van der Waals surface area contributed by atoms with Crippen molar-refractivity contribution in [2.45, 2.75) is 18.9 Å². The predicted octanol–water partition coefficient (Wildman–Crippen LogP) is 3.80. The summed E-state index contributed by atoms with van der Waals surface area (Å²) in [7, 11) is 1.62. The normalized spacial score (nSPS) is 14.5. The molecule has 1 saturated heterocycles. The number of fused-ring (bicyclic) bond motifs is 1. The van der Waals surface area contributed by atoms with Gasteiger partial charge in [0.25, 0.3) is 0 Å². The number of nitrogens with zero attached hydrogens (tertiary/aromatic N) is 5. The minimum Gasteiger partial charge on any atom is -0.494 e. The summed E-state index contributed by atoms with van der Waals surface area (Å²) >= 11 is 0. The molecule has 8 nitrogen and oxygen atoms in total. The van der Waals surface area contributed by atoms with Gasteiger partial charge in [0.1, 0.15) is 17.4 Å². The molecule has 0 bridgehead atoms. The highest BCUT2D eigenvalue weighted by Crippen LogP contribution is 2.35. The fourth-order valence-electron chi connectivity index (χ4n) is 3.93. The third-order valence-electron chi connectivity index (χ3n) is 5.60. The molecule has 0 unspecified atom stereocenters. The number of nitrogens with one attached hydrogen (secondary N) is 1. The Morgan fingerprint density at radius 3 is 2.66 bits per heavy atom. The van der Waals surface area contributed by atoms with Gasteiger partial charge in [-0.25, -0.2) is 15.0 Å². The Bertz CT molecular complexity index is 1230. The van der Waals surface area contributed by atoms with E-state index >= 15 is 0 Å². The molecule has 1 aromatic carbocycles. The lowest BCUT2D eigenvalue weighted by molar-refractivity contribution is 0.145. The first kappa shape index (κ1) is 20.1. The molecule has 4 aromatic rings. The van der Waals surface area contributed by atoms with Gasteiger partial charge < -0.3 is 20.1 Å². The number of hydrogen-bond donors (Lipinski definition) is 2. The third-order valence-corrected chi connectivity index (χ3v) is 5.60. The number of rotatable bonds is 5. The fourth-order valence-corrected chi connectivity index (χ4v) is 3.93. The highest BCUT2D eigenvalue weighted by Gasteiger charge is 2.23. The van der Waals surface area contributed by atoms with Crippen molar-refractivity contribution in [3.8, 4) is 17.1 Å². The number of aliphatic hydroxyl groups excluding tert-OH is 1. The van der Waals surface area contributed by atoms with Gasteiger partial charge in [-0.05, 0) is 37.1 Å². The second-order valence-electron chi connectivity index (χ2n) is 7.75. The smallest absolute Gasteiger partial charge is 0.162 e. The summed E-state index contributed by atoms with van der Waals surface area (Å²) in [6, 6.07) is 13.7. The molecule has 1 aliphatic heterocycles. The summed E-state index contributed by atoms with van der Waals surface area (Å²) in [5.41, 5.74) is 2.52. The Hall–Kier alpha value is -3.78. The molecule has 4 heterocycles. The van der Waals surface area contributed by atoms with E-state index in [0.717, 1.165) is 35.5 Å². The lowest BCUT2D eigenvalue weighted by Crippen LogP contribution is -2.36. The minimum atomic E-state index is -0.269. The molecule has 1 aliphatic rings. The number of anilines is 3. The van der Waals surface area contributed by atoms with Crippen molar-refractivity contribution in [1.29, 1.82) is 0 Å². The van der Waals surface area contributed by atoms with Gasteiger partial charge in [0, 0.05) is 30.5 Å². The molecule has 0 amide bonds. The molecule has 0 aliphatic carbocycles. The molecule has 0 saturated carbocycles. The van der Waals surface area contributed by atoms with Crippen LogP contribution in [0.4, 0.5) is 17.3 Å². The SMILES string of the molecule is COc1cncc2nc(-c3ccnc(Nc4ccccc4)c3)nc(N3CCC(O)CC3)c12. The maximum absolute atomic E-state index is 9.96. The van der Waals surface area contributed by atoms with Gasteiger partial charge in [-0.2, -0.15) is 0 Å². The molecule has 2 N–H and O–H groups in total.